The summed E-state index contributed by atoms with van der Waals surface area (Å²) in [5, 5.41) is 3.50. The van der Waals surface area contributed by atoms with Crippen LogP contribution in [-0.4, -0.2) is 35.6 Å². The first-order chi connectivity index (χ1) is 8.75. The molecule has 2 atom stereocenters. The Hall–Kier alpha value is -0.930. The van der Waals surface area contributed by atoms with E-state index in [1.165, 1.54) is 24.9 Å². The topological polar surface area (TPSA) is 28.2 Å². The monoisotopic (exact) mass is 247 g/mol. The lowest BCUT2D eigenvalue weighted by Gasteiger charge is -2.36. The fourth-order valence-electron chi connectivity index (χ4n) is 2.75. The Kier molecular flexibility index (Phi) is 5.14. The molecule has 100 valence electrons. The molecule has 18 heavy (non-hydrogen) atoms. The van der Waals surface area contributed by atoms with Gasteiger partial charge in [0.2, 0.25) is 0 Å². The van der Waals surface area contributed by atoms with Crippen LogP contribution in [0.4, 0.5) is 0 Å². The zero-order chi connectivity index (χ0) is 12.8. The van der Waals surface area contributed by atoms with Gasteiger partial charge in [-0.3, -0.25) is 9.88 Å². The second-order valence-electron chi connectivity index (χ2n) is 5.55. The lowest BCUT2D eigenvalue weighted by Crippen LogP contribution is -2.43. The Bertz CT molecular complexity index is 339. The van der Waals surface area contributed by atoms with Crippen molar-refractivity contribution in [1.82, 2.24) is 15.2 Å². The molecule has 0 radical (unpaired) electrons. The molecule has 1 aromatic heterocycles. The highest BCUT2D eigenvalue weighted by Gasteiger charge is 2.21. The van der Waals surface area contributed by atoms with Gasteiger partial charge in [-0.2, -0.15) is 0 Å². The van der Waals surface area contributed by atoms with Crippen molar-refractivity contribution in [2.45, 2.75) is 39.3 Å². The molecule has 2 heterocycles. The van der Waals surface area contributed by atoms with Crippen LogP contribution in [0.3, 0.4) is 0 Å². The van der Waals surface area contributed by atoms with Crippen LogP contribution in [0.2, 0.25) is 0 Å². The minimum Gasteiger partial charge on any atom is -0.311 e. The molecule has 3 heteroatoms. The fraction of sp³-hybridized carbons (Fsp3) is 0.667. The molecule has 2 rings (SSSR count). The van der Waals surface area contributed by atoms with Gasteiger partial charge in [0, 0.05) is 38.1 Å². The second kappa shape index (κ2) is 6.86. The van der Waals surface area contributed by atoms with Gasteiger partial charge in [0.25, 0.3) is 0 Å². The lowest BCUT2D eigenvalue weighted by atomic mass is 9.93. The Labute approximate surface area is 111 Å². The van der Waals surface area contributed by atoms with E-state index in [1.54, 1.807) is 0 Å². The summed E-state index contributed by atoms with van der Waals surface area (Å²) in [4.78, 5) is 6.73. The molecule has 0 aliphatic carbocycles. The quantitative estimate of drug-likeness (QED) is 0.809. The molecule has 3 nitrogen and oxygen atoms in total. The van der Waals surface area contributed by atoms with E-state index >= 15 is 0 Å². The van der Waals surface area contributed by atoms with Crippen LogP contribution in [0.25, 0.3) is 0 Å². The van der Waals surface area contributed by atoms with Crippen molar-refractivity contribution in [2.75, 3.05) is 19.6 Å². The highest BCUT2D eigenvalue weighted by molar-refractivity contribution is 5.07. The van der Waals surface area contributed by atoms with Crippen molar-refractivity contribution in [1.29, 1.82) is 0 Å². The van der Waals surface area contributed by atoms with Crippen LogP contribution in [0, 0.1) is 5.92 Å². The van der Waals surface area contributed by atoms with Crippen molar-refractivity contribution < 1.29 is 0 Å². The Morgan fingerprint density at radius 1 is 1.44 bits per heavy atom. The number of nitrogens with zero attached hydrogens (tertiary/aromatic N) is 2. The standard InChI is InChI=1S/C15H25N3/c1-13-5-8-18(14(2)10-13)9-7-17-12-15-4-3-6-16-11-15/h3-4,6,11,13-14,17H,5,7-10,12H2,1-2H3. The van der Waals surface area contributed by atoms with Crippen LogP contribution >= 0.6 is 0 Å². The number of hydrogen-bond acceptors (Lipinski definition) is 3. The van der Waals surface area contributed by atoms with E-state index in [9.17, 15) is 0 Å². The summed E-state index contributed by atoms with van der Waals surface area (Å²) < 4.78 is 0. The van der Waals surface area contributed by atoms with Crippen molar-refractivity contribution in [3.8, 4) is 0 Å². The first kappa shape index (κ1) is 13.5. The van der Waals surface area contributed by atoms with Crippen LogP contribution in [0.5, 0.6) is 0 Å². The molecule has 1 N–H and O–H groups in total. The molecule has 1 aliphatic heterocycles. The highest BCUT2D eigenvalue weighted by Crippen LogP contribution is 2.21. The lowest BCUT2D eigenvalue weighted by molar-refractivity contribution is 0.130. The van der Waals surface area contributed by atoms with E-state index in [0.717, 1.165) is 31.6 Å². The molecule has 0 saturated carbocycles. The van der Waals surface area contributed by atoms with Gasteiger partial charge in [0.15, 0.2) is 0 Å². The van der Waals surface area contributed by atoms with E-state index in [-0.39, 0.29) is 0 Å². The largest absolute Gasteiger partial charge is 0.311 e. The third kappa shape index (κ3) is 4.07. The van der Waals surface area contributed by atoms with Gasteiger partial charge in [-0.1, -0.05) is 13.0 Å². The van der Waals surface area contributed by atoms with Gasteiger partial charge in [-0.25, -0.2) is 0 Å². The van der Waals surface area contributed by atoms with E-state index in [2.05, 4.69) is 35.1 Å². The van der Waals surface area contributed by atoms with Gasteiger partial charge in [0.05, 0.1) is 0 Å². The number of rotatable bonds is 5. The van der Waals surface area contributed by atoms with Crippen LogP contribution in [-0.2, 0) is 6.54 Å². The van der Waals surface area contributed by atoms with Gasteiger partial charge in [-0.15, -0.1) is 0 Å². The summed E-state index contributed by atoms with van der Waals surface area (Å²) >= 11 is 0. The molecule has 0 amide bonds. The SMILES string of the molecule is CC1CCN(CCNCc2cccnc2)C(C)C1. The van der Waals surface area contributed by atoms with E-state index in [4.69, 9.17) is 0 Å². The number of nitrogens with one attached hydrogen (secondary N) is 1. The zero-order valence-electron chi connectivity index (χ0n) is 11.6. The first-order valence-electron chi connectivity index (χ1n) is 7.09. The smallest absolute Gasteiger partial charge is 0.0312 e. The Balaban J connectivity index is 1.64. The van der Waals surface area contributed by atoms with Crippen molar-refractivity contribution in [3.05, 3.63) is 30.1 Å². The Morgan fingerprint density at radius 3 is 3.06 bits per heavy atom. The maximum Gasteiger partial charge on any atom is 0.0312 e. The van der Waals surface area contributed by atoms with E-state index in [0.29, 0.717) is 0 Å². The molecule has 2 unspecified atom stereocenters. The third-order valence-corrected chi connectivity index (χ3v) is 3.90. The number of pyridine rings is 1. The molecule has 0 aromatic carbocycles. The van der Waals surface area contributed by atoms with Crippen molar-refractivity contribution in [3.63, 3.8) is 0 Å². The highest BCUT2D eigenvalue weighted by atomic mass is 15.2. The predicted octanol–water partition coefficient (Wildman–Crippen LogP) is 2.29. The molecule has 1 aliphatic rings. The molecule has 0 bridgehead atoms. The fourth-order valence-corrected chi connectivity index (χ4v) is 2.75. The van der Waals surface area contributed by atoms with Gasteiger partial charge in [0.1, 0.15) is 0 Å². The second-order valence-corrected chi connectivity index (χ2v) is 5.55. The minimum atomic E-state index is 0.744. The maximum atomic E-state index is 4.12. The average Bonchev–Trinajstić information content (AvgIpc) is 2.38. The maximum absolute atomic E-state index is 4.12. The van der Waals surface area contributed by atoms with Gasteiger partial charge >= 0.3 is 0 Å². The van der Waals surface area contributed by atoms with Gasteiger partial charge in [-0.05, 0) is 43.9 Å². The average molecular weight is 247 g/mol. The number of hydrogen-bond donors (Lipinski definition) is 1. The van der Waals surface area contributed by atoms with E-state index < -0.39 is 0 Å². The summed E-state index contributed by atoms with van der Waals surface area (Å²) in [7, 11) is 0. The normalized spacial score (nSPS) is 25.2. The molecular weight excluding hydrogens is 222 g/mol. The van der Waals surface area contributed by atoms with Crippen LogP contribution in [0.1, 0.15) is 32.3 Å². The molecular formula is C15H25N3. The predicted molar refractivity (Wildman–Crippen MR) is 75.4 cm³/mol. The van der Waals surface area contributed by atoms with E-state index in [1.807, 2.05) is 18.5 Å². The summed E-state index contributed by atoms with van der Waals surface area (Å²) in [5.74, 6) is 0.902. The van der Waals surface area contributed by atoms with Crippen molar-refractivity contribution in [2.24, 2.45) is 5.92 Å². The molecule has 1 saturated heterocycles. The number of aromatic nitrogens is 1. The Morgan fingerprint density at radius 2 is 2.33 bits per heavy atom. The molecule has 0 spiro atoms. The molecule has 1 aromatic rings. The summed E-state index contributed by atoms with van der Waals surface area (Å²) in [6.45, 7) is 9.14. The summed E-state index contributed by atoms with van der Waals surface area (Å²) in [6, 6.07) is 4.85. The minimum absolute atomic E-state index is 0.744. The van der Waals surface area contributed by atoms with Crippen LogP contribution in [0.15, 0.2) is 24.5 Å². The van der Waals surface area contributed by atoms with Gasteiger partial charge < -0.3 is 5.32 Å². The number of piperidine rings is 1. The van der Waals surface area contributed by atoms with Crippen LogP contribution < -0.4 is 5.32 Å². The summed E-state index contributed by atoms with van der Waals surface area (Å²) in [6.07, 6.45) is 6.45. The van der Waals surface area contributed by atoms with Crippen molar-refractivity contribution >= 4 is 0 Å². The first-order valence-corrected chi connectivity index (χ1v) is 7.09. The summed E-state index contributed by atoms with van der Waals surface area (Å²) in [5.41, 5.74) is 1.26. The molecule has 1 fully saturated rings. The third-order valence-electron chi connectivity index (χ3n) is 3.90. The zero-order valence-corrected chi connectivity index (χ0v) is 11.6. The number of likely N-dealkylation sites (tertiary alicyclic amines) is 1.